The van der Waals surface area contributed by atoms with Crippen molar-refractivity contribution in [1.82, 2.24) is 0 Å². The Kier molecular flexibility index (Phi) is 5.72. The van der Waals surface area contributed by atoms with E-state index in [9.17, 15) is 9.59 Å². The third-order valence-electron chi connectivity index (χ3n) is 2.98. The summed E-state index contributed by atoms with van der Waals surface area (Å²) >= 11 is 1.34. The van der Waals surface area contributed by atoms with Crippen molar-refractivity contribution in [3.63, 3.8) is 0 Å². The predicted octanol–water partition coefficient (Wildman–Crippen LogP) is 4.00. The highest BCUT2D eigenvalue weighted by Gasteiger charge is 2.18. The molecule has 0 saturated heterocycles. The van der Waals surface area contributed by atoms with E-state index >= 15 is 0 Å². The molecule has 1 aromatic heterocycles. The molecule has 2 aromatic rings. The van der Waals surface area contributed by atoms with Gasteiger partial charge in [-0.3, -0.25) is 9.59 Å². The van der Waals surface area contributed by atoms with Gasteiger partial charge in [-0.1, -0.05) is 19.9 Å². The van der Waals surface area contributed by atoms with E-state index < -0.39 is 0 Å². The lowest BCUT2D eigenvalue weighted by molar-refractivity contribution is 0.0896. The molecule has 22 heavy (non-hydrogen) atoms. The normalized spacial score (nSPS) is 12.1. The Morgan fingerprint density at radius 2 is 1.77 bits per heavy atom. The van der Waals surface area contributed by atoms with Crippen LogP contribution in [0.1, 0.15) is 40.3 Å². The molecule has 0 amide bonds. The van der Waals surface area contributed by atoms with Crippen LogP contribution < -0.4 is 9.47 Å². The number of carbonyl (C=O) groups excluding carboxylic acids is 2. The van der Waals surface area contributed by atoms with Crippen molar-refractivity contribution < 1.29 is 19.1 Å². The quantitative estimate of drug-likeness (QED) is 0.631. The minimum atomic E-state index is -0.208. The van der Waals surface area contributed by atoms with E-state index in [-0.39, 0.29) is 18.0 Å². The van der Waals surface area contributed by atoms with Crippen LogP contribution >= 0.6 is 11.3 Å². The van der Waals surface area contributed by atoms with Crippen molar-refractivity contribution in [3.8, 4) is 11.5 Å². The molecule has 0 aliphatic carbocycles. The first-order chi connectivity index (χ1) is 10.7. The number of rotatable bonds is 4. The summed E-state index contributed by atoms with van der Waals surface area (Å²) in [4.78, 5) is 24.6. The minimum absolute atomic E-state index is 0.125. The highest BCUT2D eigenvalue weighted by molar-refractivity contribution is 7.12. The second-order valence-electron chi connectivity index (χ2n) is 4.36. The summed E-state index contributed by atoms with van der Waals surface area (Å²) in [5.41, 5.74) is 0.471. The predicted molar refractivity (Wildman–Crippen MR) is 86.4 cm³/mol. The molecular formula is C17H18O4S. The SMILES string of the molecule is CC.O=C(CC(=O)c1cccs1)c1ccc2c(c1)OCCO2. The largest absolute Gasteiger partial charge is 0.486 e. The summed E-state index contributed by atoms with van der Waals surface area (Å²) in [6.07, 6.45) is -0.125. The van der Waals surface area contributed by atoms with E-state index in [0.717, 1.165) is 0 Å². The van der Waals surface area contributed by atoms with Crippen molar-refractivity contribution in [2.24, 2.45) is 0 Å². The maximum absolute atomic E-state index is 12.1. The van der Waals surface area contributed by atoms with Gasteiger partial charge in [0.1, 0.15) is 13.2 Å². The van der Waals surface area contributed by atoms with Crippen LogP contribution in [0.5, 0.6) is 11.5 Å². The summed E-state index contributed by atoms with van der Waals surface area (Å²) in [6.45, 7) is 4.98. The fourth-order valence-electron chi connectivity index (χ4n) is 1.99. The molecule has 3 rings (SSSR count). The highest BCUT2D eigenvalue weighted by atomic mass is 32.1. The standard InChI is InChI=1S/C15H12O4S.C2H6/c16-11(9-12(17)15-2-1-7-20-15)10-3-4-13-14(8-10)19-6-5-18-13;1-2/h1-4,7-8H,5-6,9H2;1-2H3. The lowest BCUT2D eigenvalue weighted by Gasteiger charge is -2.18. The van der Waals surface area contributed by atoms with Crippen molar-refractivity contribution in [3.05, 3.63) is 46.2 Å². The molecule has 0 atom stereocenters. The maximum atomic E-state index is 12.1. The average Bonchev–Trinajstić information content (AvgIpc) is 3.11. The molecule has 116 valence electrons. The van der Waals surface area contributed by atoms with E-state index in [0.29, 0.717) is 35.2 Å². The summed E-state index contributed by atoms with van der Waals surface area (Å²) in [5.74, 6) is 0.836. The number of hydrogen-bond acceptors (Lipinski definition) is 5. The summed E-state index contributed by atoms with van der Waals surface area (Å²) in [7, 11) is 0. The van der Waals surface area contributed by atoms with Crippen LogP contribution in [0.4, 0.5) is 0 Å². The average molecular weight is 318 g/mol. The van der Waals surface area contributed by atoms with E-state index in [1.807, 2.05) is 19.2 Å². The number of fused-ring (bicyclic) bond motifs is 1. The Bertz CT molecular complexity index is 647. The number of hydrogen-bond donors (Lipinski definition) is 0. The first-order valence-electron chi connectivity index (χ1n) is 7.23. The first-order valence-corrected chi connectivity index (χ1v) is 8.11. The molecule has 0 bridgehead atoms. The Labute approximate surface area is 133 Å². The van der Waals surface area contributed by atoms with Gasteiger partial charge in [0.25, 0.3) is 0 Å². The highest BCUT2D eigenvalue weighted by Crippen LogP contribution is 2.31. The Hall–Kier alpha value is -2.14. The first kappa shape index (κ1) is 16.2. The number of thiophene rings is 1. The lowest BCUT2D eigenvalue weighted by atomic mass is 10.0. The van der Waals surface area contributed by atoms with Crippen LogP contribution in [0.15, 0.2) is 35.7 Å². The van der Waals surface area contributed by atoms with Crippen LogP contribution in [0.3, 0.4) is 0 Å². The molecule has 0 unspecified atom stereocenters. The molecule has 0 N–H and O–H groups in total. The van der Waals surface area contributed by atoms with E-state index in [1.165, 1.54) is 11.3 Å². The minimum Gasteiger partial charge on any atom is -0.486 e. The number of Topliss-reactive ketones (excluding diaryl/α,β-unsaturated/α-hetero) is 2. The van der Waals surface area contributed by atoms with Gasteiger partial charge in [-0.25, -0.2) is 0 Å². The van der Waals surface area contributed by atoms with Crippen LogP contribution in [0.25, 0.3) is 0 Å². The van der Waals surface area contributed by atoms with E-state index in [4.69, 9.17) is 9.47 Å². The topological polar surface area (TPSA) is 52.6 Å². The van der Waals surface area contributed by atoms with Gasteiger partial charge in [0.2, 0.25) is 0 Å². The number of carbonyl (C=O) groups is 2. The molecule has 4 nitrogen and oxygen atoms in total. The van der Waals surface area contributed by atoms with Gasteiger partial charge in [0.05, 0.1) is 11.3 Å². The molecule has 1 aliphatic heterocycles. The number of benzene rings is 1. The molecule has 1 aromatic carbocycles. The van der Waals surface area contributed by atoms with Gasteiger partial charge in [-0.2, -0.15) is 0 Å². The third kappa shape index (κ3) is 3.74. The van der Waals surface area contributed by atoms with Crippen molar-refractivity contribution in [2.45, 2.75) is 20.3 Å². The van der Waals surface area contributed by atoms with Crippen LogP contribution in [-0.4, -0.2) is 24.8 Å². The van der Waals surface area contributed by atoms with E-state index in [2.05, 4.69) is 0 Å². The van der Waals surface area contributed by atoms with Gasteiger partial charge in [-0.15, -0.1) is 11.3 Å². The van der Waals surface area contributed by atoms with Crippen molar-refractivity contribution in [2.75, 3.05) is 13.2 Å². The zero-order valence-electron chi connectivity index (χ0n) is 12.6. The molecule has 0 saturated carbocycles. The number of ether oxygens (including phenoxy) is 2. The fraction of sp³-hybridized carbons (Fsp3) is 0.294. The van der Waals surface area contributed by atoms with E-state index in [1.54, 1.807) is 30.3 Å². The number of ketones is 2. The summed E-state index contributed by atoms with van der Waals surface area (Å²) < 4.78 is 10.8. The summed E-state index contributed by atoms with van der Waals surface area (Å²) in [6, 6.07) is 8.53. The molecule has 1 aliphatic rings. The molecule has 0 fully saturated rings. The van der Waals surface area contributed by atoms with Crippen molar-refractivity contribution in [1.29, 1.82) is 0 Å². The van der Waals surface area contributed by atoms with Gasteiger partial charge in [-0.05, 0) is 29.6 Å². The second kappa shape index (κ2) is 7.75. The molecule has 0 spiro atoms. The summed E-state index contributed by atoms with van der Waals surface area (Å²) in [5, 5.41) is 1.82. The molecule has 0 radical (unpaired) electrons. The van der Waals surface area contributed by atoms with Gasteiger partial charge in [0.15, 0.2) is 23.1 Å². The van der Waals surface area contributed by atoms with Gasteiger partial charge in [0, 0.05) is 5.56 Å². The zero-order chi connectivity index (χ0) is 15.9. The third-order valence-corrected chi connectivity index (χ3v) is 3.89. The van der Waals surface area contributed by atoms with Crippen LogP contribution in [0.2, 0.25) is 0 Å². The zero-order valence-corrected chi connectivity index (χ0v) is 13.4. The van der Waals surface area contributed by atoms with Crippen molar-refractivity contribution >= 4 is 22.9 Å². The Balaban J connectivity index is 0.000000847. The smallest absolute Gasteiger partial charge is 0.180 e. The second-order valence-corrected chi connectivity index (χ2v) is 5.31. The monoisotopic (exact) mass is 318 g/mol. The van der Waals surface area contributed by atoms with Crippen LogP contribution in [0, 0.1) is 0 Å². The maximum Gasteiger partial charge on any atom is 0.180 e. The van der Waals surface area contributed by atoms with Gasteiger partial charge < -0.3 is 9.47 Å². The molecule has 5 heteroatoms. The van der Waals surface area contributed by atoms with Gasteiger partial charge >= 0.3 is 0 Å². The molecular weight excluding hydrogens is 300 g/mol. The Morgan fingerprint density at radius 1 is 1.05 bits per heavy atom. The fourth-order valence-corrected chi connectivity index (χ4v) is 2.65. The Morgan fingerprint density at radius 3 is 2.45 bits per heavy atom. The van der Waals surface area contributed by atoms with Crippen LogP contribution in [-0.2, 0) is 0 Å². The molecule has 2 heterocycles. The lowest BCUT2D eigenvalue weighted by Crippen LogP contribution is -2.16.